The van der Waals surface area contributed by atoms with Gasteiger partial charge in [-0.3, -0.25) is 18.6 Å². The van der Waals surface area contributed by atoms with Gasteiger partial charge in [0.15, 0.2) is 6.10 Å². The molecule has 0 rings (SSSR count). The Morgan fingerprint density at radius 3 is 1.17 bits per heavy atom. The molecule has 0 aliphatic carbocycles. The Bertz CT molecular complexity index is 1430. The number of hydrogen-bond acceptors (Lipinski definition) is 7. The molecule has 0 aliphatic rings. The van der Waals surface area contributed by atoms with Crippen LogP contribution in [0.25, 0.3) is 0 Å². The summed E-state index contributed by atoms with van der Waals surface area (Å²) in [7, 11) is 1.43. The highest BCUT2D eigenvalue weighted by molar-refractivity contribution is 7.47. The predicted molar refractivity (Wildman–Crippen MR) is 302 cm³/mol. The van der Waals surface area contributed by atoms with Crippen LogP contribution in [-0.4, -0.2) is 74.9 Å². The molecule has 0 amide bonds. The molecule has 412 valence electrons. The van der Waals surface area contributed by atoms with E-state index in [1.54, 1.807) is 0 Å². The van der Waals surface area contributed by atoms with Gasteiger partial charge in [0.05, 0.1) is 27.7 Å². The maximum Gasteiger partial charge on any atom is 0.472 e. The van der Waals surface area contributed by atoms with Gasteiger partial charge in [0, 0.05) is 12.8 Å². The molecule has 0 saturated heterocycles. The van der Waals surface area contributed by atoms with Crippen LogP contribution in [0.4, 0.5) is 0 Å². The molecule has 9 nitrogen and oxygen atoms in total. The number of unbranched alkanes of at least 4 members (excludes halogenated alkanes) is 27. The number of carbonyl (C=O) groups is 2. The third-order valence-electron chi connectivity index (χ3n) is 12.5. The first-order valence-corrected chi connectivity index (χ1v) is 30.7. The highest BCUT2D eigenvalue weighted by Gasteiger charge is 2.27. The Hall–Kier alpha value is -2.55. The van der Waals surface area contributed by atoms with Gasteiger partial charge in [0.1, 0.15) is 19.8 Å². The summed E-state index contributed by atoms with van der Waals surface area (Å²) in [5.41, 5.74) is 0. The van der Waals surface area contributed by atoms with Gasteiger partial charge in [-0.05, 0) is 51.4 Å². The van der Waals surface area contributed by atoms with E-state index < -0.39 is 26.5 Å². The van der Waals surface area contributed by atoms with Gasteiger partial charge >= 0.3 is 19.8 Å². The molecule has 1 N–H and O–H groups in total. The first-order chi connectivity index (χ1) is 34.5. The van der Waals surface area contributed by atoms with Crippen molar-refractivity contribution in [3.63, 3.8) is 0 Å². The minimum absolute atomic E-state index is 0.0162. The summed E-state index contributed by atoms with van der Waals surface area (Å²) in [4.78, 5) is 35.6. The van der Waals surface area contributed by atoms with Crippen molar-refractivity contribution in [1.29, 1.82) is 0 Å². The lowest BCUT2D eigenvalue weighted by Gasteiger charge is -2.24. The Kier molecular flexibility index (Phi) is 50.4. The topological polar surface area (TPSA) is 108 Å². The van der Waals surface area contributed by atoms with Gasteiger partial charge in [0.2, 0.25) is 0 Å². The molecule has 0 aliphatic heterocycles. The minimum Gasteiger partial charge on any atom is -0.462 e. The van der Waals surface area contributed by atoms with Crippen LogP contribution in [0.15, 0.2) is 72.9 Å². The van der Waals surface area contributed by atoms with Crippen LogP contribution < -0.4 is 0 Å². The van der Waals surface area contributed by atoms with Crippen LogP contribution in [0.5, 0.6) is 0 Å². The number of phosphoric ester groups is 1. The summed E-state index contributed by atoms with van der Waals surface area (Å²) in [6.07, 6.45) is 68.6. The lowest BCUT2D eigenvalue weighted by molar-refractivity contribution is -0.870. The van der Waals surface area contributed by atoms with Gasteiger partial charge < -0.3 is 18.9 Å². The molecule has 0 radical (unpaired) electrons. The molecule has 0 saturated carbocycles. The van der Waals surface area contributed by atoms with Gasteiger partial charge in [0.25, 0.3) is 0 Å². The Labute approximate surface area is 438 Å². The van der Waals surface area contributed by atoms with E-state index in [0.29, 0.717) is 17.4 Å². The number of allylic oxidation sites excluding steroid dienone is 12. The fourth-order valence-electron chi connectivity index (χ4n) is 8.04. The number of phosphoric acid groups is 1. The van der Waals surface area contributed by atoms with Crippen LogP contribution >= 0.6 is 7.82 Å². The Morgan fingerprint density at radius 2 is 0.803 bits per heavy atom. The van der Waals surface area contributed by atoms with Crippen molar-refractivity contribution < 1.29 is 42.1 Å². The number of rotatable bonds is 53. The summed E-state index contributed by atoms with van der Waals surface area (Å²) in [6.45, 7) is 4.26. The first-order valence-electron chi connectivity index (χ1n) is 29.2. The highest BCUT2D eigenvalue weighted by atomic mass is 31.2. The molecule has 0 heterocycles. The number of carbonyl (C=O) groups excluding carboxylic acids is 2. The Balaban J connectivity index is 4.17. The van der Waals surface area contributed by atoms with Gasteiger partial charge in [-0.1, -0.05) is 260 Å². The van der Waals surface area contributed by atoms with E-state index >= 15 is 0 Å². The van der Waals surface area contributed by atoms with Gasteiger partial charge in [-0.15, -0.1) is 0 Å². The number of quaternary nitrogens is 1. The molecule has 0 bridgehead atoms. The largest absolute Gasteiger partial charge is 0.472 e. The molecule has 0 aromatic carbocycles. The van der Waals surface area contributed by atoms with Crippen molar-refractivity contribution in [2.45, 2.75) is 258 Å². The zero-order valence-electron chi connectivity index (χ0n) is 46.7. The second-order valence-corrected chi connectivity index (χ2v) is 22.1. The average molecular weight is 1020 g/mol. The monoisotopic (exact) mass is 1020 g/mol. The van der Waals surface area contributed by atoms with Crippen LogP contribution in [0.2, 0.25) is 0 Å². The standard InChI is InChI=1S/C61H110NO8P/c1-6-8-10-12-14-16-18-20-22-24-26-27-28-29-30-31-32-33-34-36-37-39-41-43-45-47-49-51-53-60(63)67-57-59(58-69-71(65,66)68-56-55-62(3,4)5)70-61(64)54-52-50-48-46-44-42-40-38-35-25-23-21-19-17-15-13-11-9-7-2/h9,11,15,17,21,23,35,38,42,44,48,50,59H,6-8,10,12-14,16,18-20,22,24-34,36-37,39-41,43,45-47,49,51-58H2,1-5H3/p+1/b11-9-,17-15-,23-21-,38-35-,44-42-,50-48-. The summed E-state index contributed by atoms with van der Waals surface area (Å²) in [5.74, 6) is -0.890. The number of likely N-dealkylation sites (N-methyl/N-ethyl adjacent to an activating group) is 1. The van der Waals surface area contributed by atoms with Gasteiger partial charge in [-0.2, -0.15) is 0 Å². The van der Waals surface area contributed by atoms with E-state index in [1.165, 1.54) is 161 Å². The maximum atomic E-state index is 12.7. The summed E-state index contributed by atoms with van der Waals surface area (Å²) >= 11 is 0. The number of nitrogens with zero attached hydrogens (tertiary/aromatic N) is 1. The first kappa shape index (κ1) is 68.5. The molecule has 0 aromatic rings. The Morgan fingerprint density at radius 1 is 0.451 bits per heavy atom. The zero-order chi connectivity index (χ0) is 52.0. The third kappa shape index (κ3) is 56.6. The van der Waals surface area contributed by atoms with E-state index in [0.717, 1.165) is 57.8 Å². The van der Waals surface area contributed by atoms with E-state index in [-0.39, 0.29) is 32.0 Å². The molecular weight excluding hydrogens is 906 g/mol. The fraction of sp³-hybridized carbons (Fsp3) is 0.770. The molecular formula is C61H111NO8P+. The number of ether oxygens (including phenoxy) is 2. The van der Waals surface area contributed by atoms with Crippen LogP contribution in [0.1, 0.15) is 251 Å². The summed E-state index contributed by atoms with van der Waals surface area (Å²) in [5, 5.41) is 0. The van der Waals surface area contributed by atoms with E-state index in [9.17, 15) is 19.0 Å². The van der Waals surface area contributed by atoms with Crippen molar-refractivity contribution in [2.75, 3.05) is 47.5 Å². The summed E-state index contributed by atoms with van der Waals surface area (Å²) < 4.78 is 34.4. The highest BCUT2D eigenvalue weighted by Crippen LogP contribution is 2.43. The lowest BCUT2D eigenvalue weighted by atomic mass is 10.0. The number of esters is 2. The second kappa shape index (κ2) is 52.3. The quantitative estimate of drug-likeness (QED) is 0.0211. The summed E-state index contributed by atoms with van der Waals surface area (Å²) in [6, 6.07) is 0. The molecule has 2 atom stereocenters. The van der Waals surface area contributed by atoms with Gasteiger partial charge in [-0.25, -0.2) is 4.57 Å². The van der Waals surface area contributed by atoms with Crippen molar-refractivity contribution in [3.8, 4) is 0 Å². The molecule has 10 heteroatoms. The van der Waals surface area contributed by atoms with Crippen LogP contribution in [-0.2, 0) is 32.7 Å². The molecule has 71 heavy (non-hydrogen) atoms. The van der Waals surface area contributed by atoms with E-state index in [2.05, 4.69) is 74.6 Å². The number of hydrogen-bond donors (Lipinski definition) is 1. The fourth-order valence-corrected chi connectivity index (χ4v) is 8.78. The maximum absolute atomic E-state index is 12.7. The second-order valence-electron chi connectivity index (χ2n) is 20.7. The van der Waals surface area contributed by atoms with Crippen molar-refractivity contribution in [2.24, 2.45) is 0 Å². The van der Waals surface area contributed by atoms with E-state index in [1.807, 2.05) is 33.3 Å². The van der Waals surface area contributed by atoms with Crippen molar-refractivity contribution in [1.82, 2.24) is 0 Å². The van der Waals surface area contributed by atoms with E-state index in [4.69, 9.17) is 18.5 Å². The molecule has 2 unspecified atom stereocenters. The SMILES string of the molecule is CC/C=C\C/C=C\C/C=C\C/C=C\C/C=C\C/C=C\CCC(=O)OC(COC(=O)CCCCCCCCCCCCCCCCCCCCCCCCCCCCCC)COP(=O)(O)OCC[N+](C)(C)C. The molecule has 0 spiro atoms. The normalized spacial score (nSPS) is 13.8. The van der Waals surface area contributed by atoms with Crippen LogP contribution in [0.3, 0.4) is 0 Å². The minimum atomic E-state index is -4.41. The predicted octanol–water partition coefficient (Wildman–Crippen LogP) is 18.1. The molecule has 0 fully saturated rings. The van der Waals surface area contributed by atoms with Crippen LogP contribution in [0, 0.1) is 0 Å². The molecule has 0 aromatic heterocycles. The third-order valence-corrected chi connectivity index (χ3v) is 13.5. The smallest absolute Gasteiger partial charge is 0.462 e. The lowest BCUT2D eigenvalue weighted by Crippen LogP contribution is -2.37. The van der Waals surface area contributed by atoms with Crippen molar-refractivity contribution >= 4 is 19.8 Å². The van der Waals surface area contributed by atoms with Crippen molar-refractivity contribution in [3.05, 3.63) is 72.9 Å². The average Bonchev–Trinajstić information content (AvgIpc) is 3.33. The zero-order valence-corrected chi connectivity index (χ0v) is 47.6.